The van der Waals surface area contributed by atoms with Crippen LogP contribution in [0.3, 0.4) is 0 Å². The third-order valence-corrected chi connectivity index (χ3v) is 4.84. The Hall–Kier alpha value is -1.12. The highest BCUT2D eigenvalue weighted by atomic mass is 79.9. The fourth-order valence-electron chi connectivity index (χ4n) is 1.31. The zero-order valence-corrected chi connectivity index (χ0v) is 12.1. The lowest BCUT2D eigenvalue weighted by Gasteiger charge is -2.09. The van der Waals surface area contributed by atoms with Crippen LogP contribution in [0.25, 0.3) is 0 Å². The molecule has 1 aromatic carbocycles. The van der Waals surface area contributed by atoms with Gasteiger partial charge in [-0.05, 0) is 39.5 Å². The maximum absolute atomic E-state index is 13.2. The third kappa shape index (κ3) is 2.65. The summed E-state index contributed by atoms with van der Waals surface area (Å²) in [5.74, 6) is -0.609. The Morgan fingerprint density at radius 2 is 2.11 bits per heavy atom. The number of benzene rings is 1. The van der Waals surface area contributed by atoms with E-state index >= 15 is 0 Å². The molecular weight excluding hydrogens is 343 g/mol. The van der Waals surface area contributed by atoms with E-state index in [9.17, 15) is 12.8 Å². The lowest BCUT2D eigenvalue weighted by molar-refractivity contribution is 0.599. The van der Waals surface area contributed by atoms with Gasteiger partial charge in [0.25, 0.3) is 10.0 Å². The fraction of sp³-hybridized carbons (Fsp3) is 0. The molecule has 2 aromatic rings. The molecule has 18 heavy (non-hydrogen) atoms. The summed E-state index contributed by atoms with van der Waals surface area (Å²) in [6, 6.07) is 3.72. The predicted octanol–water partition coefficient (Wildman–Crippen LogP) is 3.03. The highest BCUT2D eigenvalue weighted by Gasteiger charge is 2.19. The van der Waals surface area contributed by atoms with Crippen molar-refractivity contribution < 1.29 is 12.8 Å². The fourth-order valence-corrected chi connectivity index (χ4v) is 3.66. The van der Waals surface area contributed by atoms with Gasteiger partial charge < -0.3 is 5.73 Å². The minimum absolute atomic E-state index is 0.0439. The first kappa shape index (κ1) is 13.3. The number of thiophene rings is 1. The molecule has 0 aliphatic rings. The van der Waals surface area contributed by atoms with Crippen molar-refractivity contribution in [1.82, 2.24) is 0 Å². The topological polar surface area (TPSA) is 72.2 Å². The molecule has 0 saturated carbocycles. The molecular formula is C10H8BrFN2O2S2. The lowest BCUT2D eigenvalue weighted by Crippen LogP contribution is -2.14. The first-order valence-corrected chi connectivity index (χ1v) is 7.91. The van der Waals surface area contributed by atoms with Crippen LogP contribution in [-0.4, -0.2) is 8.42 Å². The van der Waals surface area contributed by atoms with E-state index in [1.807, 2.05) is 0 Å². The van der Waals surface area contributed by atoms with Crippen LogP contribution in [0.5, 0.6) is 0 Å². The Kier molecular flexibility index (Phi) is 3.60. The Morgan fingerprint density at radius 3 is 2.72 bits per heavy atom. The van der Waals surface area contributed by atoms with Crippen LogP contribution in [0.1, 0.15) is 0 Å². The van der Waals surface area contributed by atoms with E-state index in [4.69, 9.17) is 5.73 Å². The third-order valence-electron chi connectivity index (χ3n) is 2.12. The van der Waals surface area contributed by atoms with Gasteiger partial charge in [0.05, 0.1) is 15.8 Å². The highest BCUT2D eigenvalue weighted by molar-refractivity contribution is 9.10. The average Bonchev–Trinajstić information content (AvgIpc) is 2.75. The van der Waals surface area contributed by atoms with Crippen LogP contribution in [-0.2, 0) is 10.0 Å². The van der Waals surface area contributed by atoms with Gasteiger partial charge in [0.1, 0.15) is 10.7 Å². The zero-order valence-electron chi connectivity index (χ0n) is 8.85. The molecule has 0 fully saturated rings. The Bertz CT molecular complexity index is 671. The average molecular weight is 351 g/mol. The van der Waals surface area contributed by atoms with Crippen molar-refractivity contribution in [3.63, 3.8) is 0 Å². The number of sulfonamides is 1. The molecule has 8 heteroatoms. The summed E-state index contributed by atoms with van der Waals surface area (Å²) < 4.78 is 39.7. The molecule has 0 aliphatic heterocycles. The highest BCUT2D eigenvalue weighted by Crippen LogP contribution is 2.28. The summed E-state index contributed by atoms with van der Waals surface area (Å²) >= 11 is 4.29. The van der Waals surface area contributed by atoms with E-state index in [2.05, 4.69) is 20.7 Å². The lowest BCUT2D eigenvalue weighted by atomic mass is 10.3. The van der Waals surface area contributed by atoms with E-state index < -0.39 is 15.8 Å². The van der Waals surface area contributed by atoms with Crippen molar-refractivity contribution >= 4 is 48.7 Å². The Morgan fingerprint density at radius 1 is 1.39 bits per heavy atom. The second-order valence-corrected chi connectivity index (χ2v) is 6.71. The molecule has 0 spiro atoms. The summed E-state index contributed by atoms with van der Waals surface area (Å²) in [5, 5.41) is 3.38. The molecule has 2 rings (SSSR count). The number of nitrogen functional groups attached to an aromatic ring is 1. The van der Waals surface area contributed by atoms with Crippen LogP contribution in [0, 0.1) is 5.82 Å². The van der Waals surface area contributed by atoms with Gasteiger partial charge in [0, 0.05) is 5.38 Å². The molecule has 1 aromatic heterocycles. The quantitative estimate of drug-likeness (QED) is 0.835. The van der Waals surface area contributed by atoms with Crippen molar-refractivity contribution in [3.8, 4) is 0 Å². The minimum Gasteiger partial charge on any atom is -0.398 e. The van der Waals surface area contributed by atoms with E-state index in [0.717, 1.165) is 12.1 Å². The van der Waals surface area contributed by atoms with Crippen molar-refractivity contribution in [2.24, 2.45) is 0 Å². The second-order valence-electron chi connectivity index (χ2n) is 3.42. The van der Waals surface area contributed by atoms with E-state index in [1.165, 1.54) is 11.3 Å². The molecule has 0 aliphatic carbocycles. The normalized spacial score (nSPS) is 11.4. The Labute approximate surface area is 116 Å². The molecule has 0 unspecified atom stereocenters. The molecule has 0 radical (unpaired) electrons. The standard InChI is InChI=1S/C10H8BrFN2O2S2/c11-7-3-10(9(13)4-8(7)12)18(15,16)14-6-1-2-17-5-6/h1-5,14H,13H2. The molecule has 0 atom stereocenters. The summed E-state index contributed by atoms with van der Waals surface area (Å²) in [4.78, 5) is -0.165. The van der Waals surface area contributed by atoms with Crippen molar-refractivity contribution in [2.45, 2.75) is 4.90 Å². The van der Waals surface area contributed by atoms with Crippen molar-refractivity contribution in [3.05, 3.63) is 39.2 Å². The summed E-state index contributed by atoms with van der Waals surface area (Å²) in [6.45, 7) is 0. The predicted molar refractivity (Wildman–Crippen MR) is 73.6 cm³/mol. The molecule has 4 nitrogen and oxygen atoms in total. The first-order valence-electron chi connectivity index (χ1n) is 4.70. The van der Waals surface area contributed by atoms with Gasteiger partial charge in [0.15, 0.2) is 0 Å². The van der Waals surface area contributed by atoms with E-state index in [-0.39, 0.29) is 15.1 Å². The van der Waals surface area contributed by atoms with E-state index in [0.29, 0.717) is 5.69 Å². The van der Waals surface area contributed by atoms with Crippen molar-refractivity contribution in [1.29, 1.82) is 0 Å². The zero-order chi connectivity index (χ0) is 13.3. The molecule has 96 valence electrons. The van der Waals surface area contributed by atoms with Crippen LogP contribution in [0.2, 0.25) is 0 Å². The largest absolute Gasteiger partial charge is 0.398 e. The Balaban J connectivity index is 2.44. The van der Waals surface area contributed by atoms with Crippen LogP contribution in [0.15, 0.2) is 38.3 Å². The number of anilines is 2. The maximum atomic E-state index is 13.2. The van der Waals surface area contributed by atoms with Crippen LogP contribution in [0.4, 0.5) is 15.8 Å². The number of hydrogen-bond acceptors (Lipinski definition) is 4. The molecule has 1 heterocycles. The van der Waals surface area contributed by atoms with Gasteiger partial charge in [0.2, 0.25) is 0 Å². The van der Waals surface area contributed by atoms with Crippen molar-refractivity contribution in [2.75, 3.05) is 10.5 Å². The summed E-state index contributed by atoms with van der Waals surface area (Å²) in [5.41, 5.74) is 5.83. The number of rotatable bonds is 3. The van der Waals surface area contributed by atoms with Gasteiger partial charge in [-0.3, -0.25) is 4.72 Å². The monoisotopic (exact) mass is 350 g/mol. The number of nitrogens with two attached hydrogens (primary N) is 1. The number of halogens is 2. The van der Waals surface area contributed by atoms with Gasteiger partial charge >= 0.3 is 0 Å². The molecule has 3 N–H and O–H groups in total. The minimum atomic E-state index is -3.82. The maximum Gasteiger partial charge on any atom is 0.264 e. The van der Waals surface area contributed by atoms with Crippen LogP contribution < -0.4 is 10.5 Å². The first-order chi connectivity index (χ1) is 8.40. The molecule has 0 bridgehead atoms. The number of hydrogen-bond donors (Lipinski definition) is 2. The van der Waals surface area contributed by atoms with Gasteiger partial charge in [-0.1, -0.05) is 0 Å². The van der Waals surface area contributed by atoms with Gasteiger partial charge in [-0.25, -0.2) is 12.8 Å². The van der Waals surface area contributed by atoms with Gasteiger partial charge in [-0.15, -0.1) is 0 Å². The van der Waals surface area contributed by atoms with Crippen LogP contribution >= 0.6 is 27.3 Å². The van der Waals surface area contributed by atoms with E-state index in [1.54, 1.807) is 16.8 Å². The summed E-state index contributed by atoms with van der Waals surface area (Å²) in [6.07, 6.45) is 0. The van der Waals surface area contributed by atoms with Gasteiger partial charge in [-0.2, -0.15) is 11.3 Å². The SMILES string of the molecule is Nc1cc(F)c(Br)cc1S(=O)(=O)Nc1ccsc1. The molecule has 0 saturated heterocycles. The molecule has 0 amide bonds. The number of nitrogens with one attached hydrogen (secondary N) is 1. The summed E-state index contributed by atoms with van der Waals surface area (Å²) in [7, 11) is -3.82. The second kappa shape index (κ2) is 4.87. The smallest absolute Gasteiger partial charge is 0.264 e.